The van der Waals surface area contributed by atoms with Crippen molar-refractivity contribution >= 4 is 21.6 Å². The summed E-state index contributed by atoms with van der Waals surface area (Å²) in [7, 11) is -3.79. The molecule has 2 N–H and O–H groups in total. The Morgan fingerprint density at radius 3 is 2.28 bits per heavy atom. The standard InChI is InChI=1S/C22H22N2O4S/c1-17-11-13-18(14-12-17)28-16-15-23-22(25)20-9-5-6-10-21(20)24-29(26,27)19-7-3-2-4-8-19/h2-14,24H,15-16H2,1H3,(H,23,25). The molecule has 1 amide bonds. The molecular weight excluding hydrogens is 388 g/mol. The number of hydrogen-bond acceptors (Lipinski definition) is 4. The lowest BCUT2D eigenvalue weighted by Crippen LogP contribution is -2.29. The number of hydrogen-bond donors (Lipinski definition) is 2. The number of aryl methyl sites for hydroxylation is 1. The van der Waals surface area contributed by atoms with Crippen LogP contribution in [0.25, 0.3) is 0 Å². The van der Waals surface area contributed by atoms with Crippen LogP contribution in [0.5, 0.6) is 5.75 Å². The first-order valence-corrected chi connectivity index (χ1v) is 10.6. The van der Waals surface area contributed by atoms with Gasteiger partial charge in [0.15, 0.2) is 0 Å². The van der Waals surface area contributed by atoms with Crippen molar-refractivity contribution in [1.82, 2.24) is 5.32 Å². The van der Waals surface area contributed by atoms with Crippen molar-refractivity contribution in [2.45, 2.75) is 11.8 Å². The van der Waals surface area contributed by atoms with E-state index in [4.69, 9.17) is 4.74 Å². The van der Waals surface area contributed by atoms with Gasteiger partial charge in [-0.05, 0) is 43.3 Å². The van der Waals surface area contributed by atoms with Crippen LogP contribution in [0.1, 0.15) is 15.9 Å². The molecule has 0 atom stereocenters. The van der Waals surface area contributed by atoms with E-state index in [-0.39, 0.29) is 28.6 Å². The average molecular weight is 410 g/mol. The molecule has 0 radical (unpaired) electrons. The molecule has 3 rings (SSSR count). The fraction of sp³-hybridized carbons (Fsp3) is 0.136. The number of anilines is 1. The third kappa shape index (κ3) is 5.58. The van der Waals surface area contributed by atoms with Gasteiger partial charge in [-0.2, -0.15) is 0 Å². The number of carbonyl (C=O) groups excluding carboxylic acids is 1. The van der Waals surface area contributed by atoms with Crippen molar-refractivity contribution < 1.29 is 17.9 Å². The van der Waals surface area contributed by atoms with Crippen LogP contribution >= 0.6 is 0 Å². The highest BCUT2D eigenvalue weighted by Gasteiger charge is 2.18. The van der Waals surface area contributed by atoms with Gasteiger partial charge in [0.1, 0.15) is 12.4 Å². The molecule has 7 heteroatoms. The minimum absolute atomic E-state index is 0.127. The molecule has 0 aliphatic heterocycles. The summed E-state index contributed by atoms with van der Waals surface area (Å²) in [6.07, 6.45) is 0. The minimum atomic E-state index is -3.79. The summed E-state index contributed by atoms with van der Waals surface area (Å²) in [6.45, 7) is 2.58. The largest absolute Gasteiger partial charge is 0.492 e. The molecule has 150 valence electrons. The van der Waals surface area contributed by atoms with Gasteiger partial charge in [0, 0.05) is 0 Å². The molecule has 0 aliphatic carbocycles. The van der Waals surface area contributed by atoms with Gasteiger partial charge in [0.2, 0.25) is 0 Å². The fourth-order valence-electron chi connectivity index (χ4n) is 2.64. The Morgan fingerprint density at radius 1 is 0.897 bits per heavy atom. The average Bonchev–Trinajstić information content (AvgIpc) is 2.73. The highest BCUT2D eigenvalue weighted by molar-refractivity contribution is 7.92. The summed E-state index contributed by atoms with van der Waals surface area (Å²) in [5, 5.41) is 2.75. The number of amides is 1. The van der Waals surface area contributed by atoms with Gasteiger partial charge in [0.05, 0.1) is 22.7 Å². The van der Waals surface area contributed by atoms with Crippen LogP contribution in [-0.4, -0.2) is 27.5 Å². The molecule has 0 spiro atoms. The lowest BCUT2D eigenvalue weighted by molar-refractivity contribution is 0.0948. The van der Waals surface area contributed by atoms with Gasteiger partial charge in [-0.15, -0.1) is 0 Å². The number of nitrogens with one attached hydrogen (secondary N) is 2. The molecule has 3 aromatic carbocycles. The Balaban J connectivity index is 1.62. The first-order chi connectivity index (χ1) is 14.0. The van der Waals surface area contributed by atoms with Gasteiger partial charge >= 0.3 is 0 Å². The number of ether oxygens (including phenoxy) is 1. The number of rotatable bonds is 8. The first kappa shape index (κ1) is 20.4. The van der Waals surface area contributed by atoms with Gasteiger partial charge in [-0.3, -0.25) is 9.52 Å². The second-order valence-electron chi connectivity index (χ2n) is 6.38. The van der Waals surface area contributed by atoms with Crippen LogP contribution < -0.4 is 14.8 Å². The summed E-state index contributed by atoms with van der Waals surface area (Å²) < 4.78 is 33.2. The Kier molecular flexibility index (Phi) is 6.51. The molecule has 0 unspecified atom stereocenters. The van der Waals surface area contributed by atoms with Crippen molar-refractivity contribution in [3.05, 3.63) is 90.0 Å². The quantitative estimate of drug-likeness (QED) is 0.556. The third-order valence-electron chi connectivity index (χ3n) is 4.15. The van der Waals surface area contributed by atoms with Gasteiger partial charge in [0.25, 0.3) is 15.9 Å². The van der Waals surface area contributed by atoms with E-state index in [1.165, 1.54) is 12.1 Å². The number of benzene rings is 3. The van der Waals surface area contributed by atoms with Crippen LogP contribution in [0, 0.1) is 6.92 Å². The maximum atomic E-state index is 12.6. The second-order valence-corrected chi connectivity index (χ2v) is 8.06. The molecule has 3 aromatic rings. The molecule has 0 heterocycles. The van der Waals surface area contributed by atoms with E-state index in [9.17, 15) is 13.2 Å². The second kappa shape index (κ2) is 9.25. The minimum Gasteiger partial charge on any atom is -0.492 e. The molecule has 0 fully saturated rings. The molecule has 29 heavy (non-hydrogen) atoms. The zero-order valence-electron chi connectivity index (χ0n) is 16.0. The lowest BCUT2D eigenvalue weighted by Gasteiger charge is -2.13. The molecule has 0 aliphatic rings. The summed E-state index contributed by atoms with van der Waals surface area (Å²) in [5.74, 6) is 0.338. The van der Waals surface area contributed by atoms with Crippen molar-refractivity contribution in [2.75, 3.05) is 17.9 Å². The highest BCUT2D eigenvalue weighted by Crippen LogP contribution is 2.20. The van der Waals surface area contributed by atoms with Crippen LogP contribution in [0.15, 0.2) is 83.8 Å². The summed E-state index contributed by atoms with van der Waals surface area (Å²) >= 11 is 0. The number of sulfonamides is 1. The van der Waals surface area contributed by atoms with Gasteiger partial charge < -0.3 is 10.1 Å². The Bertz CT molecular complexity index is 1070. The van der Waals surface area contributed by atoms with Gasteiger partial charge in [-0.1, -0.05) is 48.0 Å². The number of para-hydroxylation sites is 1. The molecule has 0 aromatic heterocycles. The Labute approximate surface area is 170 Å². The van der Waals surface area contributed by atoms with Crippen LogP contribution in [0.2, 0.25) is 0 Å². The molecule has 0 saturated heterocycles. The predicted octanol–water partition coefficient (Wildman–Crippen LogP) is 3.60. The van der Waals surface area contributed by atoms with Crippen LogP contribution in [0.3, 0.4) is 0 Å². The van der Waals surface area contributed by atoms with Crippen LogP contribution in [0.4, 0.5) is 5.69 Å². The Morgan fingerprint density at radius 2 is 1.55 bits per heavy atom. The van der Waals surface area contributed by atoms with E-state index in [2.05, 4.69) is 10.0 Å². The highest BCUT2D eigenvalue weighted by atomic mass is 32.2. The van der Waals surface area contributed by atoms with E-state index in [1.807, 2.05) is 31.2 Å². The van der Waals surface area contributed by atoms with E-state index < -0.39 is 10.0 Å². The maximum absolute atomic E-state index is 12.6. The monoisotopic (exact) mass is 410 g/mol. The van der Waals surface area contributed by atoms with Crippen molar-refractivity contribution in [3.8, 4) is 5.75 Å². The Hall–Kier alpha value is -3.32. The van der Waals surface area contributed by atoms with E-state index >= 15 is 0 Å². The van der Waals surface area contributed by atoms with Crippen LogP contribution in [-0.2, 0) is 10.0 Å². The first-order valence-electron chi connectivity index (χ1n) is 9.10. The number of carbonyl (C=O) groups is 1. The smallest absolute Gasteiger partial charge is 0.261 e. The lowest BCUT2D eigenvalue weighted by atomic mass is 10.1. The zero-order valence-corrected chi connectivity index (χ0v) is 16.8. The maximum Gasteiger partial charge on any atom is 0.261 e. The SMILES string of the molecule is Cc1ccc(OCCNC(=O)c2ccccc2NS(=O)(=O)c2ccccc2)cc1. The topological polar surface area (TPSA) is 84.5 Å². The summed E-state index contributed by atoms with van der Waals surface area (Å²) in [4.78, 5) is 12.7. The summed E-state index contributed by atoms with van der Waals surface area (Å²) in [5.41, 5.74) is 1.59. The van der Waals surface area contributed by atoms with Crippen molar-refractivity contribution in [2.24, 2.45) is 0 Å². The van der Waals surface area contributed by atoms with E-state index in [0.29, 0.717) is 6.61 Å². The predicted molar refractivity (Wildman–Crippen MR) is 113 cm³/mol. The van der Waals surface area contributed by atoms with Gasteiger partial charge in [-0.25, -0.2) is 8.42 Å². The van der Waals surface area contributed by atoms with Crippen molar-refractivity contribution in [1.29, 1.82) is 0 Å². The van der Waals surface area contributed by atoms with E-state index in [1.54, 1.807) is 42.5 Å². The fourth-order valence-corrected chi connectivity index (χ4v) is 3.74. The van der Waals surface area contributed by atoms with Crippen molar-refractivity contribution in [3.63, 3.8) is 0 Å². The third-order valence-corrected chi connectivity index (χ3v) is 5.53. The molecule has 0 saturated carbocycles. The zero-order chi connectivity index (χ0) is 20.7. The molecule has 0 bridgehead atoms. The normalized spacial score (nSPS) is 10.9. The van der Waals surface area contributed by atoms with E-state index in [0.717, 1.165) is 11.3 Å². The molecular formula is C22H22N2O4S. The summed E-state index contributed by atoms with van der Waals surface area (Å²) in [6, 6.07) is 22.1. The molecule has 6 nitrogen and oxygen atoms in total.